The first-order chi connectivity index (χ1) is 13.1. The van der Waals surface area contributed by atoms with Gasteiger partial charge in [-0.1, -0.05) is 11.8 Å². The van der Waals surface area contributed by atoms with Crippen molar-refractivity contribution in [2.75, 3.05) is 26.1 Å². The van der Waals surface area contributed by atoms with Gasteiger partial charge in [-0.3, -0.25) is 4.90 Å². The molecule has 1 aromatic carbocycles. The van der Waals surface area contributed by atoms with Crippen LogP contribution >= 0.6 is 11.8 Å². The van der Waals surface area contributed by atoms with Gasteiger partial charge in [-0.25, -0.2) is 9.37 Å². The second-order valence-electron chi connectivity index (χ2n) is 7.19. The number of aromatic hydroxyl groups is 1. The van der Waals surface area contributed by atoms with Gasteiger partial charge in [0.25, 0.3) is 0 Å². The van der Waals surface area contributed by atoms with Crippen LogP contribution in [0.4, 0.5) is 4.39 Å². The van der Waals surface area contributed by atoms with Gasteiger partial charge in [-0.05, 0) is 48.9 Å². The van der Waals surface area contributed by atoms with E-state index in [4.69, 9.17) is 9.47 Å². The highest BCUT2D eigenvalue weighted by atomic mass is 32.2. The molecule has 1 aliphatic heterocycles. The summed E-state index contributed by atoms with van der Waals surface area (Å²) in [6.45, 7) is 2.08. The van der Waals surface area contributed by atoms with Crippen LogP contribution in [0.2, 0.25) is 0 Å². The third kappa shape index (κ3) is 4.30. The van der Waals surface area contributed by atoms with E-state index in [2.05, 4.69) is 9.88 Å². The minimum absolute atomic E-state index is 0.0650. The van der Waals surface area contributed by atoms with Gasteiger partial charge in [-0.15, -0.1) is 0 Å². The molecule has 0 radical (unpaired) electrons. The molecule has 0 spiro atoms. The van der Waals surface area contributed by atoms with Crippen molar-refractivity contribution in [2.24, 2.45) is 11.8 Å². The molecule has 2 aliphatic rings. The van der Waals surface area contributed by atoms with Crippen molar-refractivity contribution in [1.29, 1.82) is 0 Å². The lowest BCUT2D eigenvalue weighted by atomic mass is 10.0. The van der Waals surface area contributed by atoms with Crippen LogP contribution in [0.5, 0.6) is 17.2 Å². The Morgan fingerprint density at radius 1 is 1.22 bits per heavy atom. The number of hydrogen-bond acceptors (Lipinski definition) is 6. The highest BCUT2D eigenvalue weighted by Gasteiger charge is 2.41. The van der Waals surface area contributed by atoms with Crippen LogP contribution in [-0.2, 0) is 0 Å². The Balaban J connectivity index is 1.27. The molecule has 5 nitrogen and oxygen atoms in total. The molecular weight excluding hydrogens is 367 g/mol. The Hall–Kier alpha value is -1.99. The first-order valence-electron chi connectivity index (χ1n) is 9.11. The van der Waals surface area contributed by atoms with E-state index < -0.39 is 0 Å². The van der Waals surface area contributed by atoms with Crippen molar-refractivity contribution in [1.82, 2.24) is 9.88 Å². The molecule has 1 saturated carbocycles. The molecule has 2 heterocycles. The SMILES string of the molecule is COc1ccc(F)c(O[C@H]2C[C@@H]3CN(CSc4ccc(O)cn4)C[C@@H]3C2)c1. The Kier molecular flexibility index (Phi) is 5.41. The average Bonchev–Trinajstić information content (AvgIpc) is 3.21. The summed E-state index contributed by atoms with van der Waals surface area (Å²) in [5.41, 5.74) is 0. The maximum absolute atomic E-state index is 14.0. The van der Waals surface area contributed by atoms with E-state index in [1.54, 1.807) is 37.1 Å². The summed E-state index contributed by atoms with van der Waals surface area (Å²) in [5, 5.41) is 10.2. The van der Waals surface area contributed by atoms with E-state index in [0.29, 0.717) is 17.6 Å². The molecule has 27 heavy (non-hydrogen) atoms. The van der Waals surface area contributed by atoms with E-state index in [0.717, 1.165) is 36.8 Å². The number of halogens is 1. The Bertz CT molecular complexity index is 775. The van der Waals surface area contributed by atoms with E-state index in [9.17, 15) is 9.50 Å². The van der Waals surface area contributed by atoms with Crippen LogP contribution in [-0.4, -0.2) is 47.2 Å². The van der Waals surface area contributed by atoms with Gasteiger partial charge in [0.15, 0.2) is 11.6 Å². The largest absolute Gasteiger partial charge is 0.506 e. The molecule has 0 bridgehead atoms. The highest BCUT2D eigenvalue weighted by Crippen LogP contribution is 2.41. The molecule has 2 fully saturated rings. The fourth-order valence-electron chi connectivity index (χ4n) is 4.04. The number of aromatic nitrogens is 1. The van der Waals surface area contributed by atoms with Crippen LogP contribution in [0.15, 0.2) is 41.6 Å². The Morgan fingerprint density at radius 3 is 2.67 bits per heavy atom. The standard InChI is InChI=1S/C20H23FN2O3S/c1-25-16-3-4-18(21)19(8-16)26-17-6-13-10-23(11-14(13)7-17)12-27-20-5-2-15(24)9-22-20/h2-5,8-9,13-14,17,24H,6-7,10-12H2,1H3/t13-,14+,17+. The second-order valence-corrected chi connectivity index (χ2v) is 8.16. The van der Waals surface area contributed by atoms with E-state index >= 15 is 0 Å². The number of hydrogen-bond donors (Lipinski definition) is 1. The molecule has 0 unspecified atom stereocenters. The molecule has 3 atom stereocenters. The molecule has 7 heteroatoms. The molecule has 1 aromatic heterocycles. The minimum Gasteiger partial charge on any atom is -0.506 e. The van der Waals surface area contributed by atoms with Gasteiger partial charge < -0.3 is 14.6 Å². The third-order valence-corrected chi connectivity index (χ3v) is 6.36. The number of nitrogens with zero attached hydrogens (tertiary/aromatic N) is 2. The maximum Gasteiger partial charge on any atom is 0.165 e. The van der Waals surface area contributed by atoms with Crippen molar-refractivity contribution in [3.8, 4) is 17.2 Å². The first kappa shape index (κ1) is 18.4. The zero-order valence-electron chi connectivity index (χ0n) is 15.2. The van der Waals surface area contributed by atoms with Crippen LogP contribution in [0.3, 0.4) is 0 Å². The number of methoxy groups -OCH3 is 1. The summed E-state index contributed by atoms with van der Waals surface area (Å²) in [5.74, 6) is 2.82. The summed E-state index contributed by atoms with van der Waals surface area (Å²) < 4.78 is 25.1. The summed E-state index contributed by atoms with van der Waals surface area (Å²) in [6, 6.07) is 8.11. The lowest BCUT2D eigenvalue weighted by Crippen LogP contribution is -2.24. The molecule has 144 valence electrons. The van der Waals surface area contributed by atoms with Gasteiger partial charge in [0.05, 0.1) is 30.3 Å². The summed E-state index contributed by atoms with van der Waals surface area (Å²) in [4.78, 5) is 6.65. The van der Waals surface area contributed by atoms with Crippen molar-refractivity contribution in [3.63, 3.8) is 0 Å². The van der Waals surface area contributed by atoms with Crippen LogP contribution in [0.1, 0.15) is 12.8 Å². The van der Waals surface area contributed by atoms with Crippen molar-refractivity contribution < 1.29 is 19.0 Å². The van der Waals surface area contributed by atoms with Crippen LogP contribution in [0.25, 0.3) is 0 Å². The number of rotatable bonds is 6. The Labute approximate surface area is 162 Å². The van der Waals surface area contributed by atoms with E-state index in [1.165, 1.54) is 12.3 Å². The topological polar surface area (TPSA) is 54.8 Å². The summed E-state index contributed by atoms with van der Waals surface area (Å²) in [7, 11) is 1.57. The number of likely N-dealkylation sites (tertiary alicyclic amines) is 1. The number of ether oxygens (including phenoxy) is 2. The normalized spacial score (nSPS) is 24.7. The smallest absolute Gasteiger partial charge is 0.165 e. The van der Waals surface area contributed by atoms with Gasteiger partial charge in [0.1, 0.15) is 11.5 Å². The lowest BCUT2D eigenvalue weighted by Gasteiger charge is -2.19. The lowest BCUT2D eigenvalue weighted by molar-refractivity contribution is 0.181. The predicted octanol–water partition coefficient (Wildman–Crippen LogP) is 3.77. The van der Waals surface area contributed by atoms with E-state index in [-0.39, 0.29) is 23.4 Å². The average molecular weight is 390 g/mol. The van der Waals surface area contributed by atoms with Crippen LogP contribution < -0.4 is 9.47 Å². The van der Waals surface area contributed by atoms with Crippen molar-refractivity contribution in [2.45, 2.75) is 24.0 Å². The predicted molar refractivity (Wildman–Crippen MR) is 102 cm³/mol. The van der Waals surface area contributed by atoms with Crippen molar-refractivity contribution >= 4 is 11.8 Å². The van der Waals surface area contributed by atoms with Gasteiger partial charge in [0, 0.05) is 19.2 Å². The monoisotopic (exact) mass is 390 g/mol. The van der Waals surface area contributed by atoms with E-state index in [1.807, 2.05) is 6.07 Å². The number of thioether (sulfide) groups is 1. The number of benzene rings is 1. The zero-order chi connectivity index (χ0) is 18.8. The number of pyridine rings is 1. The molecule has 0 amide bonds. The first-order valence-corrected chi connectivity index (χ1v) is 10.1. The fraction of sp³-hybridized carbons (Fsp3) is 0.450. The molecule has 1 N–H and O–H groups in total. The number of fused-ring (bicyclic) bond motifs is 1. The molecule has 1 aliphatic carbocycles. The zero-order valence-corrected chi connectivity index (χ0v) is 16.0. The Morgan fingerprint density at radius 2 is 2.00 bits per heavy atom. The minimum atomic E-state index is -0.340. The summed E-state index contributed by atoms with van der Waals surface area (Å²) >= 11 is 1.68. The highest BCUT2D eigenvalue weighted by molar-refractivity contribution is 7.99. The quantitative estimate of drug-likeness (QED) is 0.758. The molecule has 2 aromatic rings. The third-order valence-electron chi connectivity index (χ3n) is 5.33. The van der Waals surface area contributed by atoms with Crippen molar-refractivity contribution in [3.05, 3.63) is 42.3 Å². The molecule has 1 saturated heterocycles. The van der Waals surface area contributed by atoms with Gasteiger partial charge in [0.2, 0.25) is 0 Å². The summed E-state index contributed by atoms with van der Waals surface area (Å²) in [6.07, 6.45) is 3.45. The van der Waals surface area contributed by atoms with Gasteiger partial charge in [-0.2, -0.15) is 0 Å². The van der Waals surface area contributed by atoms with Gasteiger partial charge >= 0.3 is 0 Å². The molecule has 4 rings (SSSR count). The van der Waals surface area contributed by atoms with Crippen LogP contribution in [0, 0.1) is 17.7 Å². The fourth-order valence-corrected chi connectivity index (χ4v) is 4.86. The second kappa shape index (κ2) is 7.94. The molecular formula is C20H23FN2O3S. The maximum atomic E-state index is 14.0.